The zero-order chi connectivity index (χ0) is 19.7. The van der Waals surface area contributed by atoms with Gasteiger partial charge in [0.15, 0.2) is 0 Å². The van der Waals surface area contributed by atoms with E-state index in [1.807, 2.05) is 0 Å². The molecule has 0 aliphatic carbocycles. The first-order valence-electron chi connectivity index (χ1n) is 11.8. The highest BCUT2D eigenvalue weighted by molar-refractivity contribution is 4.61. The smallest absolute Gasteiger partial charge is 0.000959 e. The minimum Gasteiger partial charge on any atom is -0.306 e. The standard InChI is InChI=1S/C7H15N.2C6H13N.C4H9N/c1-8-6-4-2-3-5-7-8;2*1-7-5-3-2-4-6-7;1-5-3-2-4-5/h2-7H2,1H3;2*2-6H2,1H3;2-4H2,1H3. The number of piperidine rings is 2. The summed E-state index contributed by atoms with van der Waals surface area (Å²) in [5, 5.41) is 0. The van der Waals surface area contributed by atoms with Gasteiger partial charge in [-0.05, 0) is 125 Å². The van der Waals surface area contributed by atoms with Gasteiger partial charge in [-0.2, -0.15) is 0 Å². The molecule has 0 bridgehead atoms. The molecule has 4 rings (SSSR count). The van der Waals surface area contributed by atoms with E-state index in [9.17, 15) is 0 Å². The van der Waals surface area contributed by atoms with Crippen molar-refractivity contribution in [1.82, 2.24) is 19.6 Å². The van der Waals surface area contributed by atoms with Crippen LogP contribution in [0.15, 0.2) is 0 Å². The Hall–Kier alpha value is -0.160. The largest absolute Gasteiger partial charge is 0.306 e. The first kappa shape index (κ1) is 24.9. The van der Waals surface area contributed by atoms with Gasteiger partial charge in [-0.3, -0.25) is 0 Å². The Labute approximate surface area is 171 Å². The Kier molecular flexibility index (Phi) is 15.4. The van der Waals surface area contributed by atoms with Gasteiger partial charge in [0.25, 0.3) is 0 Å². The molecule has 0 amide bonds. The van der Waals surface area contributed by atoms with E-state index in [1.54, 1.807) is 0 Å². The number of likely N-dealkylation sites (tertiary alicyclic amines) is 4. The van der Waals surface area contributed by atoms with Crippen molar-refractivity contribution in [3.63, 3.8) is 0 Å². The van der Waals surface area contributed by atoms with Gasteiger partial charge < -0.3 is 19.6 Å². The Morgan fingerprint density at radius 3 is 0.630 bits per heavy atom. The van der Waals surface area contributed by atoms with E-state index in [0.29, 0.717) is 0 Å². The predicted octanol–water partition coefficient (Wildman–Crippen LogP) is 4.02. The highest BCUT2D eigenvalue weighted by Crippen LogP contribution is 2.07. The Bertz CT molecular complexity index is 284. The highest BCUT2D eigenvalue weighted by atomic mass is 15.1. The van der Waals surface area contributed by atoms with Crippen molar-refractivity contribution in [3.05, 3.63) is 0 Å². The third kappa shape index (κ3) is 15.4. The van der Waals surface area contributed by atoms with Gasteiger partial charge in [-0.1, -0.05) is 25.7 Å². The summed E-state index contributed by atoms with van der Waals surface area (Å²) in [4.78, 5) is 9.51. The van der Waals surface area contributed by atoms with Gasteiger partial charge in [0.2, 0.25) is 0 Å². The van der Waals surface area contributed by atoms with E-state index < -0.39 is 0 Å². The highest BCUT2D eigenvalue weighted by Gasteiger charge is 2.05. The van der Waals surface area contributed by atoms with Crippen molar-refractivity contribution in [1.29, 1.82) is 0 Å². The Morgan fingerprint density at radius 1 is 0.259 bits per heavy atom. The molecule has 4 nitrogen and oxygen atoms in total. The molecule has 4 aliphatic heterocycles. The van der Waals surface area contributed by atoms with Gasteiger partial charge in [0.1, 0.15) is 0 Å². The molecule has 0 aromatic heterocycles. The minimum absolute atomic E-state index is 1.32. The summed E-state index contributed by atoms with van der Waals surface area (Å²) < 4.78 is 0. The minimum atomic E-state index is 1.32. The maximum atomic E-state index is 2.42. The number of nitrogens with zero attached hydrogens (tertiary/aromatic N) is 4. The van der Waals surface area contributed by atoms with Gasteiger partial charge in [0, 0.05) is 0 Å². The van der Waals surface area contributed by atoms with Crippen LogP contribution in [0.2, 0.25) is 0 Å². The van der Waals surface area contributed by atoms with Crippen molar-refractivity contribution >= 4 is 0 Å². The number of hydrogen-bond acceptors (Lipinski definition) is 4. The summed E-state index contributed by atoms with van der Waals surface area (Å²) in [6, 6.07) is 0. The predicted molar refractivity (Wildman–Crippen MR) is 121 cm³/mol. The fourth-order valence-electron chi connectivity index (χ4n) is 3.81. The molecule has 0 saturated carbocycles. The molecule has 4 heterocycles. The van der Waals surface area contributed by atoms with Crippen LogP contribution >= 0.6 is 0 Å². The summed E-state index contributed by atoms with van der Waals surface area (Å²) in [5.41, 5.74) is 0. The molecule has 4 aliphatic rings. The Morgan fingerprint density at radius 2 is 0.444 bits per heavy atom. The van der Waals surface area contributed by atoms with E-state index in [4.69, 9.17) is 0 Å². The molecular formula is C23H50N4. The zero-order valence-corrected chi connectivity index (χ0v) is 19.2. The summed E-state index contributed by atoms with van der Waals surface area (Å²) in [5.74, 6) is 0. The van der Waals surface area contributed by atoms with E-state index in [1.165, 1.54) is 123 Å². The average molecular weight is 383 g/mol. The van der Waals surface area contributed by atoms with Gasteiger partial charge >= 0.3 is 0 Å². The molecule has 162 valence electrons. The average Bonchev–Trinajstić information content (AvgIpc) is 2.90. The van der Waals surface area contributed by atoms with E-state index >= 15 is 0 Å². The van der Waals surface area contributed by atoms with Crippen LogP contribution in [0.5, 0.6) is 0 Å². The van der Waals surface area contributed by atoms with Crippen LogP contribution < -0.4 is 0 Å². The molecule has 0 unspecified atom stereocenters. The topological polar surface area (TPSA) is 13.0 Å². The fraction of sp³-hybridized carbons (Fsp3) is 1.00. The molecule has 0 N–H and O–H groups in total. The van der Waals surface area contributed by atoms with Crippen LogP contribution in [0.3, 0.4) is 0 Å². The quantitative estimate of drug-likeness (QED) is 0.627. The van der Waals surface area contributed by atoms with Crippen molar-refractivity contribution in [2.24, 2.45) is 0 Å². The SMILES string of the molecule is CN1CCC1.CN1CCCCC1.CN1CCCCC1.CN1CCCCCC1. The lowest BCUT2D eigenvalue weighted by Gasteiger charge is -2.24. The molecule has 0 aromatic carbocycles. The third-order valence-electron chi connectivity index (χ3n) is 6.07. The van der Waals surface area contributed by atoms with Crippen molar-refractivity contribution in [2.75, 3.05) is 80.5 Å². The lowest BCUT2D eigenvalue weighted by Crippen LogP contribution is -2.32. The lowest BCUT2D eigenvalue weighted by molar-refractivity contribution is 0.229. The molecule has 0 aromatic rings. The second-order valence-corrected chi connectivity index (χ2v) is 9.10. The van der Waals surface area contributed by atoms with Crippen LogP contribution in [0, 0.1) is 0 Å². The van der Waals surface area contributed by atoms with Crippen molar-refractivity contribution in [3.8, 4) is 0 Å². The maximum absolute atomic E-state index is 2.42. The molecule has 0 spiro atoms. The fourth-order valence-corrected chi connectivity index (χ4v) is 3.81. The molecule has 27 heavy (non-hydrogen) atoms. The normalized spacial score (nSPS) is 25.3. The van der Waals surface area contributed by atoms with E-state index in [0.717, 1.165) is 0 Å². The lowest BCUT2D eigenvalue weighted by atomic mass is 10.1. The monoisotopic (exact) mass is 382 g/mol. The molecular weight excluding hydrogens is 332 g/mol. The van der Waals surface area contributed by atoms with Crippen LogP contribution in [-0.2, 0) is 0 Å². The molecule has 0 atom stereocenters. The summed E-state index contributed by atoms with van der Waals surface area (Å²) >= 11 is 0. The maximum Gasteiger partial charge on any atom is -0.000959 e. The van der Waals surface area contributed by atoms with Gasteiger partial charge in [-0.25, -0.2) is 0 Å². The van der Waals surface area contributed by atoms with Crippen molar-refractivity contribution in [2.45, 2.75) is 70.6 Å². The van der Waals surface area contributed by atoms with Gasteiger partial charge in [0.05, 0.1) is 0 Å². The van der Waals surface area contributed by atoms with Crippen LogP contribution in [0.4, 0.5) is 0 Å². The first-order chi connectivity index (χ1) is 13.1. The van der Waals surface area contributed by atoms with Crippen LogP contribution in [0.1, 0.15) is 70.6 Å². The zero-order valence-electron chi connectivity index (χ0n) is 19.2. The molecule has 4 heteroatoms. The summed E-state index contributed by atoms with van der Waals surface area (Å²) in [7, 11) is 8.74. The summed E-state index contributed by atoms with van der Waals surface area (Å²) in [6.45, 7) is 10.6. The molecule has 4 fully saturated rings. The van der Waals surface area contributed by atoms with E-state index in [-0.39, 0.29) is 0 Å². The second-order valence-electron chi connectivity index (χ2n) is 9.10. The first-order valence-corrected chi connectivity index (χ1v) is 11.8. The van der Waals surface area contributed by atoms with Crippen LogP contribution in [-0.4, -0.2) is 100 Å². The number of hydrogen-bond donors (Lipinski definition) is 0. The second kappa shape index (κ2) is 16.8. The third-order valence-corrected chi connectivity index (χ3v) is 6.07. The molecule has 0 radical (unpaired) electrons. The van der Waals surface area contributed by atoms with Crippen molar-refractivity contribution < 1.29 is 0 Å². The Balaban J connectivity index is 0.000000182. The van der Waals surface area contributed by atoms with Gasteiger partial charge in [-0.15, -0.1) is 0 Å². The van der Waals surface area contributed by atoms with Crippen LogP contribution in [0.25, 0.3) is 0 Å². The number of rotatable bonds is 0. The van der Waals surface area contributed by atoms with E-state index in [2.05, 4.69) is 47.8 Å². The summed E-state index contributed by atoms with van der Waals surface area (Å²) in [6.07, 6.45) is 15.7. The molecule has 4 saturated heterocycles.